The summed E-state index contributed by atoms with van der Waals surface area (Å²) in [6, 6.07) is 21.6. The number of nitrogens with zero attached hydrogens (tertiary/aromatic N) is 1. The Morgan fingerprint density at radius 2 is 1.42 bits per heavy atom. The maximum Gasteiger partial charge on any atom is 0.294 e. The fourth-order valence-electron chi connectivity index (χ4n) is 3.78. The number of aliphatic hydroxyl groups excluding tert-OH is 1. The molecule has 0 saturated heterocycles. The van der Waals surface area contributed by atoms with Crippen LogP contribution in [0.15, 0.2) is 90.2 Å². The second kappa shape index (κ2) is 8.47. The number of anilines is 1. The first-order valence-corrected chi connectivity index (χ1v) is 10.6. The van der Waals surface area contributed by atoms with Crippen molar-refractivity contribution in [1.82, 2.24) is 0 Å². The number of para-hydroxylation sites is 1. The van der Waals surface area contributed by atoms with Gasteiger partial charge in [0, 0.05) is 11.1 Å². The minimum atomic E-state index is -0.828. The first-order chi connectivity index (χ1) is 15.7. The number of phenols is 1. The number of phenolic OH excluding ortho intramolecular Hbond substituents is 1. The third-order valence-corrected chi connectivity index (χ3v) is 5.44. The molecule has 0 bridgehead atoms. The van der Waals surface area contributed by atoms with Crippen LogP contribution in [-0.2, 0) is 9.59 Å². The van der Waals surface area contributed by atoms with E-state index in [1.165, 1.54) is 17.0 Å². The van der Waals surface area contributed by atoms with Crippen LogP contribution in [0.1, 0.15) is 32.4 Å². The van der Waals surface area contributed by atoms with E-state index in [4.69, 9.17) is 4.74 Å². The number of benzene rings is 3. The summed E-state index contributed by atoms with van der Waals surface area (Å²) in [7, 11) is 0. The Hall–Kier alpha value is -4.06. The van der Waals surface area contributed by atoms with Gasteiger partial charge in [0.25, 0.3) is 5.91 Å². The van der Waals surface area contributed by atoms with Crippen molar-refractivity contribution in [2.45, 2.75) is 26.8 Å². The molecule has 6 nitrogen and oxygen atoms in total. The summed E-state index contributed by atoms with van der Waals surface area (Å²) in [6.45, 7) is 5.23. The molecule has 0 aliphatic carbocycles. The van der Waals surface area contributed by atoms with Crippen LogP contribution in [0, 0.1) is 5.41 Å². The van der Waals surface area contributed by atoms with Gasteiger partial charge >= 0.3 is 0 Å². The fourth-order valence-corrected chi connectivity index (χ4v) is 3.78. The third-order valence-electron chi connectivity index (χ3n) is 5.44. The Morgan fingerprint density at radius 1 is 0.848 bits per heavy atom. The predicted octanol–water partition coefficient (Wildman–Crippen LogP) is 5.70. The first-order valence-electron chi connectivity index (χ1n) is 10.6. The highest BCUT2D eigenvalue weighted by Gasteiger charge is 2.46. The summed E-state index contributed by atoms with van der Waals surface area (Å²) in [4.78, 5) is 27.8. The fraction of sp³-hybridized carbons (Fsp3) is 0.185. The molecule has 1 aliphatic heterocycles. The number of hydrogen-bond acceptors (Lipinski definition) is 5. The number of carbonyl (C=O) groups excluding carboxylic acids is 2. The molecule has 3 aromatic carbocycles. The van der Waals surface area contributed by atoms with Gasteiger partial charge in [-0.25, -0.2) is 0 Å². The van der Waals surface area contributed by atoms with Crippen LogP contribution in [0.5, 0.6) is 17.2 Å². The summed E-state index contributed by atoms with van der Waals surface area (Å²) in [6.07, 6.45) is 0. The Bertz CT molecular complexity index is 1210. The minimum Gasteiger partial charge on any atom is -0.508 e. The number of rotatable bonds is 5. The SMILES string of the molecule is CC(C)(C)C(=O)C1=C(O)C(=O)N(c2ccc(Oc3ccccc3)cc2)C1c1ccc(O)cc1. The van der Waals surface area contributed by atoms with E-state index in [2.05, 4.69) is 0 Å². The average Bonchev–Trinajstić information content (AvgIpc) is 3.05. The van der Waals surface area contributed by atoms with E-state index in [1.54, 1.807) is 57.2 Å². The van der Waals surface area contributed by atoms with Crippen molar-refractivity contribution in [3.8, 4) is 17.2 Å². The molecule has 0 spiro atoms. The monoisotopic (exact) mass is 443 g/mol. The van der Waals surface area contributed by atoms with E-state index in [1.807, 2.05) is 30.3 Å². The quantitative estimate of drug-likeness (QED) is 0.528. The van der Waals surface area contributed by atoms with Crippen LogP contribution in [0.2, 0.25) is 0 Å². The summed E-state index contributed by atoms with van der Waals surface area (Å²) >= 11 is 0. The molecular formula is C27H25NO5. The van der Waals surface area contributed by atoms with Crippen molar-refractivity contribution in [2.75, 3.05) is 4.90 Å². The number of ketones is 1. The largest absolute Gasteiger partial charge is 0.508 e. The number of amides is 1. The predicted molar refractivity (Wildman–Crippen MR) is 125 cm³/mol. The topological polar surface area (TPSA) is 87.1 Å². The van der Waals surface area contributed by atoms with Gasteiger partial charge in [-0.2, -0.15) is 0 Å². The van der Waals surface area contributed by atoms with Crippen LogP contribution in [0.3, 0.4) is 0 Å². The molecule has 4 rings (SSSR count). The molecule has 1 unspecified atom stereocenters. The molecule has 3 aromatic rings. The minimum absolute atomic E-state index is 0.0443. The molecule has 168 valence electrons. The van der Waals surface area contributed by atoms with Crippen molar-refractivity contribution >= 4 is 17.4 Å². The first kappa shape index (κ1) is 22.1. The summed E-state index contributed by atoms with van der Waals surface area (Å²) < 4.78 is 5.83. The van der Waals surface area contributed by atoms with Crippen molar-refractivity contribution in [3.63, 3.8) is 0 Å². The molecule has 1 atom stereocenters. The van der Waals surface area contributed by atoms with Gasteiger partial charge in [-0.05, 0) is 54.1 Å². The van der Waals surface area contributed by atoms with Crippen molar-refractivity contribution < 1.29 is 24.5 Å². The summed E-state index contributed by atoms with van der Waals surface area (Å²) in [5.41, 5.74) is 0.342. The van der Waals surface area contributed by atoms with Crippen molar-refractivity contribution in [3.05, 3.63) is 95.8 Å². The molecule has 1 heterocycles. The van der Waals surface area contributed by atoms with Gasteiger partial charge in [-0.1, -0.05) is 51.1 Å². The highest BCUT2D eigenvalue weighted by atomic mass is 16.5. The lowest BCUT2D eigenvalue weighted by atomic mass is 9.82. The highest BCUT2D eigenvalue weighted by molar-refractivity contribution is 6.17. The zero-order chi connectivity index (χ0) is 23.8. The molecule has 6 heteroatoms. The van der Waals surface area contributed by atoms with E-state index in [0.29, 0.717) is 22.7 Å². The number of aliphatic hydroxyl groups is 1. The number of aromatic hydroxyl groups is 1. The van der Waals surface area contributed by atoms with E-state index in [9.17, 15) is 19.8 Å². The highest BCUT2D eigenvalue weighted by Crippen LogP contribution is 2.44. The second-order valence-electron chi connectivity index (χ2n) is 8.92. The van der Waals surface area contributed by atoms with Crippen LogP contribution in [0.25, 0.3) is 0 Å². The van der Waals surface area contributed by atoms with E-state index >= 15 is 0 Å². The maximum absolute atomic E-state index is 13.2. The van der Waals surface area contributed by atoms with Gasteiger partial charge in [-0.3, -0.25) is 14.5 Å². The van der Waals surface area contributed by atoms with Gasteiger partial charge in [0.1, 0.15) is 17.2 Å². The molecule has 0 aromatic heterocycles. The number of hydrogen-bond donors (Lipinski definition) is 2. The summed E-state index contributed by atoms with van der Waals surface area (Å²) in [5, 5.41) is 20.5. The van der Waals surface area contributed by atoms with Crippen LogP contribution in [-0.4, -0.2) is 21.9 Å². The number of Topliss-reactive ketones (excluding diaryl/α,β-unsaturated/α-hetero) is 1. The molecule has 1 aliphatic rings. The molecule has 2 N–H and O–H groups in total. The van der Waals surface area contributed by atoms with Crippen LogP contribution >= 0.6 is 0 Å². The van der Waals surface area contributed by atoms with Gasteiger partial charge in [-0.15, -0.1) is 0 Å². The molecule has 0 radical (unpaired) electrons. The normalized spacial score (nSPS) is 16.3. The summed E-state index contributed by atoms with van der Waals surface area (Å²) in [5.74, 6) is -0.204. The number of ether oxygens (including phenoxy) is 1. The number of carbonyl (C=O) groups is 2. The molecular weight excluding hydrogens is 418 g/mol. The smallest absolute Gasteiger partial charge is 0.294 e. The zero-order valence-electron chi connectivity index (χ0n) is 18.6. The average molecular weight is 443 g/mol. The lowest BCUT2D eigenvalue weighted by molar-refractivity contribution is -0.123. The van der Waals surface area contributed by atoms with Crippen LogP contribution < -0.4 is 9.64 Å². The Morgan fingerprint density at radius 3 is 2.00 bits per heavy atom. The zero-order valence-corrected chi connectivity index (χ0v) is 18.6. The lowest BCUT2D eigenvalue weighted by Crippen LogP contribution is -2.32. The van der Waals surface area contributed by atoms with Gasteiger partial charge in [0.15, 0.2) is 11.5 Å². The van der Waals surface area contributed by atoms with Gasteiger partial charge < -0.3 is 14.9 Å². The third kappa shape index (κ3) is 4.32. The Balaban J connectivity index is 1.74. The lowest BCUT2D eigenvalue weighted by Gasteiger charge is -2.29. The van der Waals surface area contributed by atoms with E-state index < -0.39 is 23.1 Å². The molecule has 0 saturated carbocycles. The van der Waals surface area contributed by atoms with Crippen LogP contribution in [0.4, 0.5) is 5.69 Å². The van der Waals surface area contributed by atoms with Gasteiger partial charge in [0.05, 0.1) is 11.6 Å². The Labute approximate surface area is 192 Å². The second-order valence-corrected chi connectivity index (χ2v) is 8.92. The molecule has 0 fully saturated rings. The standard InChI is InChI=1S/C27H25NO5/c1-27(2,3)25(31)22-23(17-9-13-19(29)14-10-17)28(26(32)24(22)30)18-11-15-21(16-12-18)33-20-7-5-4-6-8-20/h4-16,23,29-30H,1-3H3. The van der Waals surface area contributed by atoms with E-state index in [0.717, 1.165) is 0 Å². The Kier molecular flexibility index (Phi) is 5.68. The van der Waals surface area contributed by atoms with Gasteiger partial charge in [0.2, 0.25) is 0 Å². The molecule has 1 amide bonds. The maximum atomic E-state index is 13.2. The molecule has 33 heavy (non-hydrogen) atoms. The van der Waals surface area contributed by atoms with Crippen molar-refractivity contribution in [2.24, 2.45) is 5.41 Å². The van der Waals surface area contributed by atoms with Crippen molar-refractivity contribution in [1.29, 1.82) is 0 Å². The van der Waals surface area contributed by atoms with E-state index in [-0.39, 0.29) is 17.1 Å².